The van der Waals surface area contributed by atoms with Gasteiger partial charge in [-0.2, -0.15) is 0 Å². The molecule has 0 saturated carbocycles. The Kier molecular flexibility index (Phi) is 40.0. The van der Waals surface area contributed by atoms with Gasteiger partial charge in [-0.05, 0) is 64.2 Å². The summed E-state index contributed by atoms with van der Waals surface area (Å²) < 4.78 is 32.8. The van der Waals surface area contributed by atoms with Crippen LogP contribution in [0.25, 0.3) is 0 Å². The molecule has 1 unspecified atom stereocenters. The fourth-order valence-electron chi connectivity index (χ4n) is 6.21. The van der Waals surface area contributed by atoms with Crippen molar-refractivity contribution in [3.05, 3.63) is 24.3 Å². The molecule has 0 aliphatic carbocycles. The molecule has 9 nitrogen and oxygen atoms in total. The number of phosphoric acid groups is 1. The zero-order valence-electron chi connectivity index (χ0n) is 35.0. The fraction of sp³-hybridized carbons (Fsp3) is 0.864. The number of unbranched alkanes of at least 4 members (excludes halogenated alkanes) is 25. The largest absolute Gasteiger partial charge is 0.472 e. The summed E-state index contributed by atoms with van der Waals surface area (Å²) in [4.78, 5) is 34.9. The number of rotatable bonds is 42. The molecule has 0 fully saturated rings. The van der Waals surface area contributed by atoms with Gasteiger partial charge in [0.05, 0.1) is 13.2 Å². The van der Waals surface area contributed by atoms with Crippen molar-refractivity contribution in [1.29, 1.82) is 0 Å². The van der Waals surface area contributed by atoms with Crippen LogP contribution < -0.4 is 5.73 Å². The maximum Gasteiger partial charge on any atom is 0.472 e. The zero-order chi connectivity index (χ0) is 39.6. The Bertz CT molecular complexity index is 944. The Morgan fingerprint density at radius 1 is 0.537 bits per heavy atom. The Morgan fingerprint density at radius 3 is 1.31 bits per heavy atom. The number of carbonyl (C=O) groups is 2. The molecule has 0 saturated heterocycles. The summed E-state index contributed by atoms with van der Waals surface area (Å²) >= 11 is 0. The average Bonchev–Trinajstić information content (AvgIpc) is 3.16. The first-order chi connectivity index (χ1) is 26.3. The molecule has 0 spiro atoms. The van der Waals surface area contributed by atoms with Crippen molar-refractivity contribution in [2.24, 2.45) is 5.73 Å². The number of carbonyl (C=O) groups excluding carboxylic acids is 2. The SMILES string of the molecule is CCCCCCCC/C=C\CCCCCCCCCC(=O)OC[C@H](COP(=O)(O)OCCN)OC(=O)CCCCCCC/C=C\CCCCCCCCC. The summed E-state index contributed by atoms with van der Waals surface area (Å²) in [5.41, 5.74) is 5.35. The molecule has 0 amide bonds. The Balaban J connectivity index is 4.14. The molecule has 318 valence electrons. The van der Waals surface area contributed by atoms with Gasteiger partial charge in [0.25, 0.3) is 0 Å². The molecule has 0 radical (unpaired) electrons. The van der Waals surface area contributed by atoms with Crippen LogP contribution in [0.1, 0.15) is 213 Å². The van der Waals surface area contributed by atoms with Crippen LogP contribution in [-0.4, -0.2) is 49.3 Å². The van der Waals surface area contributed by atoms with Gasteiger partial charge in [-0.3, -0.25) is 18.6 Å². The second-order valence-corrected chi connectivity index (χ2v) is 16.4. The average molecular weight is 786 g/mol. The monoisotopic (exact) mass is 786 g/mol. The van der Waals surface area contributed by atoms with Crippen molar-refractivity contribution in [3.8, 4) is 0 Å². The molecule has 0 heterocycles. The topological polar surface area (TPSA) is 134 Å². The number of nitrogens with two attached hydrogens (primary N) is 1. The summed E-state index contributed by atoms with van der Waals surface area (Å²) in [6.45, 7) is 3.73. The maximum absolute atomic E-state index is 12.6. The van der Waals surface area contributed by atoms with E-state index in [9.17, 15) is 19.0 Å². The number of phosphoric ester groups is 1. The number of hydrogen-bond donors (Lipinski definition) is 2. The van der Waals surface area contributed by atoms with Gasteiger partial charge in [0.1, 0.15) is 6.61 Å². The first-order valence-electron chi connectivity index (χ1n) is 22.3. The summed E-state index contributed by atoms with van der Waals surface area (Å²) in [5, 5.41) is 0. The second-order valence-electron chi connectivity index (χ2n) is 14.9. The van der Waals surface area contributed by atoms with E-state index >= 15 is 0 Å². The van der Waals surface area contributed by atoms with Crippen molar-refractivity contribution in [3.63, 3.8) is 0 Å². The van der Waals surface area contributed by atoms with E-state index < -0.39 is 26.5 Å². The van der Waals surface area contributed by atoms with Crippen LogP contribution in [0.5, 0.6) is 0 Å². The van der Waals surface area contributed by atoms with Gasteiger partial charge in [-0.15, -0.1) is 0 Å². The maximum atomic E-state index is 12.6. The van der Waals surface area contributed by atoms with E-state index in [4.69, 9.17) is 24.3 Å². The highest BCUT2D eigenvalue weighted by Crippen LogP contribution is 2.43. The molecule has 0 aromatic rings. The van der Waals surface area contributed by atoms with E-state index in [0.717, 1.165) is 64.2 Å². The normalized spacial score (nSPS) is 13.5. The summed E-state index contributed by atoms with van der Waals surface area (Å²) in [6.07, 6.45) is 43.4. The van der Waals surface area contributed by atoms with Crippen LogP contribution in [0.2, 0.25) is 0 Å². The van der Waals surface area contributed by atoms with Gasteiger partial charge in [-0.1, -0.05) is 160 Å². The van der Waals surface area contributed by atoms with Crippen LogP contribution in [0.4, 0.5) is 0 Å². The van der Waals surface area contributed by atoms with Crippen molar-refractivity contribution < 1.29 is 37.6 Å². The summed E-state index contributed by atoms with van der Waals surface area (Å²) in [7, 11) is -4.38. The van der Waals surface area contributed by atoms with Crippen molar-refractivity contribution >= 4 is 19.8 Å². The molecule has 3 N–H and O–H groups in total. The minimum atomic E-state index is -4.38. The highest BCUT2D eigenvalue weighted by atomic mass is 31.2. The lowest BCUT2D eigenvalue weighted by Crippen LogP contribution is -2.29. The van der Waals surface area contributed by atoms with E-state index in [2.05, 4.69) is 38.2 Å². The third kappa shape index (κ3) is 40.2. The smallest absolute Gasteiger partial charge is 0.462 e. The van der Waals surface area contributed by atoms with E-state index in [0.29, 0.717) is 6.42 Å². The molecular formula is C44H84NO8P. The van der Waals surface area contributed by atoms with Gasteiger partial charge < -0.3 is 20.1 Å². The first kappa shape index (κ1) is 52.5. The molecule has 0 aromatic carbocycles. The summed E-state index contributed by atoms with van der Waals surface area (Å²) in [6, 6.07) is 0. The molecule has 2 atom stereocenters. The lowest BCUT2D eigenvalue weighted by atomic mass is 10.1. The van der Waals surface area contributed by atoms with Crippen molar-refractivity contribution in [2.45, 2.75) is 219 Å². The molecule has 0 rings (SSSR count). The van der Waals surface area contributed by atoms with E-state index in [1.807, 2.05) is 0 Å². The van der Waals surface area contributed by atoms with Crippen LogP contribution in [0.3, 0.4) is 0 Å². The highest BCUT2D eigenvalue weighted by molar-refractivity contribution is 7.47. The second kappa shape index (κ2) is 41.1. The minimum absolute atomic E-state index is 0.0525. The predicted molar refractivity (Wildman–Crippen MR) is 224 cm³/mol. The van der Waals surface area contributed by atoms with Crippen molar-refractivity contribution in [2.75, 3.05) is 26.4 Å². The van der Waals surface area contributed by atoms with Gasteiger partial charge in [0, 0.05) is 19.4 Å². The zero-order valence-corrected chi connectivity index (χ0v) is 35.9. The minimum Gasteiger partial charge on any atom is -0.462 e. The Labute approximate surface area is 332 Å². The lowest BCUT2D eigenvalue weighted by Gasteiger charge is -2.19. The number of allylic oxidation sites excluding steroid dienone is 4. The Morgan fingerprint density at radius 2 is 0.907 bits per heavy atom. The van der Waals surface area contributed by atoms with Crippen LogP contribution in [0, 0.1) is 0 Å². The molecule has 0 bridgehead atoms. The molecule has 0 aromatic heterocycles. The van der Waals surface area contributed by atoms with Gasteiger partial charge >= 0.3 is 19.8 Å². The third-order valence-corrected chi connectivity index (χ3v) is 10.5. The van der Waals surface area contributed by atoms with Crippen LogP contribution >= 0.6 is 7.82 Å². The Hall–Kier alpha value is -1.51. The molecule has 0 aliphatic heterocycles. The van der Waals surface area contributed by atoms with E-state index in [-0.39, 0.29) is 38.6 Å². The fourth-order valence-corrected chi connectivity index (χ4v) is 6.98. The van der Waals surface area contributed by atoms with Gasteiger partial charge in [0.15, 0.2) is 6.10 Å². The summed E-state index contributed by atoms with van der Waals surface area (Å²) in [5.74, 6) is -0.837. The number of hydrogen-bond acceptors (Lipinski definition) is 8. The molecule has 10 heteroatoms. The predicted octanol–water partition coefficient (Wildman–Crippen LogP) is 12.8. The number of ether oxygens (including phenoxy) is 2. The van der Waals surface area contributed by atoms with Crippen LogP contribution in [-0.2, 0) is 32.7 Å². The van der Waals surface area contributed by atoms with E-state index in [1.54, 1.807) is 0 Å². The molecule has 54 heavy (non-hydrogen) atoms. The van der Waals surface area contributed by atoms with E-state index in [1.165, 1.54) is 116 Å². The van der Waals surface area contributed by atoms with Crippen LogP contribution in [0.15, 0.2) is 24.3 Å². The standard InChI is InChI=1S/C44H84NO8P/c1-3-5-7-9-11-13-15-17-19-21-23-24-26-28-30-32-34-36-43(46)50-40-42(41-52-54(48,49)51-39-38-45)53-44(47)37-35-33-31-29-27-25-22-20-18-16-14-12-10-8-6-4-2/h17,19-20,22,42H,3-16,18,21,23-41,45H2,1-2H3,(H,48,49)/b19-17-,22-20-/t42-/m1/s1. The molecular weight excluding hydrogens is 701 g/mol. The van der Waals surface area contributed by atoms with Gasteiger partial charge in [0.2, 0.25) is 0 Å². The quantitative estimate of drug-likeness (QED) is 0.0268. The third-order valence-electron chi connectivity index (χ3n) is 9.56. The first-order valence-corrected chi connectivity index (χ1v) is 23.8. The lowest BCUT2D eigenvalue weighted by molar-refractivity contribution is -0.161. The van der Waals surface area contributed by atoms with Crippen molar-refractivity contribution in [1.82, 2.24) is 0 Å². The highest BCUT2D eigenvalue weighted by Gasteiger charge is 2.26. The van der Waals surface area contributed by atoms with Gasteiger partial charge in [-0.25, -0.2) is 4.57 Å². The molecule has 0 aliphatic rings. The number of esters is 2.